The minimum atomic E-state index is -3.52. The van der Waals surface area contributed by atoms with Crippen LogP contribution in [-0.4, -0.2) is 56.3 Å². The van der Waals surface area contributed by atoms with E-state index in [9.17, 15) is 13.2 Å². The topological polar surface area (TPSA) is 86.7 Å². The Kier molecular flexibility index (Phi) is 5.97. The number of likely N-dealkylation sites (N-methyl/N-ethyl adjacent to an activating group) is 1. The predicted molar refractivity (Wildman–Crippen MR) is 78.1 cm³/mol. The SMILES string of the molecule is CC1CCCC(CNS(=O)(=O)CCC(=O)O)(N(C)C)C1. The minimum absolute atomic E-state index is 0.159. The molecule has 0 spiro atoms. The lowest BCUT2D eigenvalue weighted by Crippen LogP contribution is -2.55. The van der Waals surface area contributed by atoms with Crippen molar-refractivity contribution in [2.24, 2.45) is 5.92 Å². The average molecular weight is 306 g/mol. The maximum absolute atomic E-state index is 11.8. The first-order chi connectivity index (χ1) is 9.17. The van der Waals surface area contributed by atoms with Crippen molar-refractivity contribution in [3.8, 4) is 0 Å². The third-order valence-corrected chi connectivity index (χ3v) is 5.55. The molecule has 0 aromatic rings. The summed E-state index contributed by atoms with van der Waals surface area (Å²) in [7, 11) is 0.429. The van der Waals surface area contributed by atoms with Crippen molar-refractivity contribution in [3.05, 3.63) is 0 Å². The van der Waals surface area contributed by atoms with Gasteiger partial charge in [0.15, 0.2) is 0 Å². The van der Waals surface area contributed by atoms with Gasteiger partial charge in [-0.25, -0.2) is 13.1 Å². The van der Waals surface area contributed by atoms with Gasteiger partial charge in [-0.05, 0) is 32.9 Å². The van der Waals surface area contributed by atoms with Crippen molar-refractivity contribution in [2.75, 3.05) is 26.4 Å². The fourth-order valence-electron chi connectivity index (χ4n) is 2.90. The lowest BCUT2D eigenvalue weighted by atomic mass is 9.75. The van der Waals surface area contributed by atoms with Crippen LogP contribution in [0.4, 0.5) is 0 Å². The first-order valence-corrected chi connectivity index (χ1v) is 8.69. The van der Waals surface area contributed by atoms with E-state index in [4.69, 9.17) is 5.11 Å². The maximum atomic E-state index is 11.8. The van der Waals surface area contributed by atoms with Crippen molar-refractivity contribution in [2.45, 2.75) is 44.6 Å². The number of carboxylic acid groups (broad SMARTS) is 1. The van der Waals surface area contributed by atoms with Gasteiger partial charge in [-0.15, -0.1) is 0 Å². The maximum Gasteiger partial charge on any atom is 0.304 e. The number of sulfonamides is 1. The van der Waals surface area contributed by atoms with E-state index < -0.39 is 16.0 Å². The second-order valence-electron chi connectivity index (χ2n) is 6.10. The number of carboxylic acids is 1. The van der Waals surface area contributed by atoms with Crippen LogP contribution < -0.4 is 4.72 Å². The normalized spacial score (nSPS) is 27.7. The van der Waals surface area contributed by atoms with E-state index in [1.807, 2.05) is 14.1 Å². The van der Waals surface area contributed by atoms with Crippen LogP contribution in [0.5, 0.6) is 0 Å². The van der Waals surface area contributed by atoms with Crippen LogP contribution in [0, 0.1) is 5.92 Å². The van der Waals surface area contributed by atoms with Crippen molar-refractivity contribution in [3.63, 3.8) is 0 Å². The van der Waals surface area contributed by atoms with Gasteiger partial charge in [0.2, 0.25) is 10.0 Å². The Morgan fingerprint density at radius 2 is 2.10 bits per heavy atom. The van der Waals surface area contributed by atoms with Gasteiger partial charge in [-0.3, -0.25) is 4.79 Å². The Morgan fingerprint density at radius 1 is 1.45 bits per heavy atom. The van der Waals surface area contributed by atoms with Gasteiger partial charge < -0.3 is 10.0 Å². The van der Waals surface area contributed by atoms with Crippen molar-refractivity contribution in [1.82, 2.24) is 9.62 Å². The van der Waals surface area contributed by atoms with Crippen LogP contribution in [0.3, 0.4) is 0 Å². The van der Waals surface area contributed by atoms with Crippen LogP contribution in [0.2, 0.25) is 0 Å². The molecule has 118 valence electrons. The van der Waals surface area contributed by atoms with Gasteiger partial charge in [0.05, 0.1) is 12.2 Å². The molecule has 0 saturated heterocycles. The summed E-state index contributed by atoms with van der Waals surface area (Å²) in [4.78, 5) is 12.6. The molecule has 1 aliphatic carbocycles. The number of nitrogens with zero attached hydrogens (tertiary/aromatic N) is 1. The third-order valence-electron chi connectivity index (χ3n) is 4.22. The summed E-state index contributed by atoms with van der Waals surface area (Å²) in [5, 5.41) is 8.57. The molecule has 1 rings (SSSR count). The summed E-state index contributed by atoms with van der Waals surface area (Å²) >= 11 is 0. The summed E-state index contributed by atoms with van der Waals surface area (Å²) in [6.45, 7) is 2.54. The molecular weight excluding hydrogens is 280 g/mol. The summed E-state index contributed by atoms with van der Waals surface area (Å²) in [5.41, 5.74) is -0.159. The zero-order chi connectivity index (χ0) is 15.4. The number of nitrogens with one attached hydrogen (secondary N) is 1. The molecule has 2 N–H and O–H groups in total. The van der Waals surface area contributed by atoms with E-state index >= 15 is 0 Å². The molecule has 1 fully saturated rings. The molecule has 0 amide bonds. The van der Waals surface area contributed by atoms with Crippen LogP contribution in [0.25, 0.3) is 0 Å². The quantitative estimate of drug-likeness (QED) is 0.729. The number of aliphatic carboxylic acids is 1. The van der Waals surface area contributed by atoms with Crippen LogP contribution in [-0.2, 0) is 14.8 Å². The molecule has 2 unspecified atom stereocenters. The van der Waals surface area contributed by atoms with Crippen LogP contribution >= 0.6 is 0 Å². The molecule has 0 radical (unpaired) electrons. The highest BCUT2D eigenvalue weighted by Gasteiger charge is 2.37. The largest absolute Gasteiger partial charge is 0.481 e. The molecule has 1 saturated carbocycles. The van der Waals surface area contributed by atoms with Crippen molar-refractivity contribution in [1.29, 1.82) is 0 Å². The van der Waals surface area contributed by atoms with E-state index in [2.05, 4.69) is 16.5 Å². The van der Waals surface area contributed by atoms with Crippen LogP contribution in [0.15, 0.2) is 0 Å². The molecule has 0 aliphatic heterocycles. The molecule has 0 bridgehead atoms. The second kappa shape index (κ2) is 6.87. The molecule has 0 aromatic carbocycles. The van der Waals surface area contributed by atoms with Gasteiger partial charge in [0.1, 0.15) is 0 Å². The lowest BCUT2D eigenvalue weighted by molar-refractivity contribution is -0.136. The number of hydrogen-bond donors (Lipinski definition) is 2. The summed E-state index contributed by atoms with van der Waals surface area (Å²) < 4.78 is 26.3. The number of carbonyl (C=O) groups is 1. The molecule has 0 heterocycles. The molecule has 1 aliphatic rings. The first kappa shape index (κ1) is 17.4. The predicted octanol–water partition coefficient (Wildman–Crippen LogP) is 0.891. The van der Waals surface area contributed by atoms with Crippen molar-refractivity contribution < 1.29 is 18.3 Å². The third kappa shape index (κ3) is 5.03. The van der Waals surface area contributed by atoms with E-state index in [-0.39, 0.29) is 17.7 Å². The Bertz CT molecular complexity index is 436. The molecule has 2 atom stereocenters. The number of hydrogen-bond acceptors (Lipinski definition) is 4. The highest BCUT2D eigenvalue weighted by molar-refractivity contribution is 7.89. The zero-order valence-corrected chi connectivity index (χ0v) is 13.4. The monoisotopic (exact) mass is 306 g/mol. The first-order valence-electron chi connectivity index (χ1n) is 7.03. The molecule has 20 heavy (non-hydrogen) atoms. The van der Waals surface area contributed by atoms with E-state index in [0.29, 0.717) is 12.5 Å². The van der Waals surface area contributed by atoms with E-state index in [0.717, 1.165) is 19.3 Å². The lowest BCUT2D eigenvalue weighted by Gasteiger charge is -2.45. The van der Waals surface area contributed by atoms with E-state index in [1.165, 1.54) is 6.42 Å². The molecule has 7 heteroatoms. The Balaban J connectivity index is 2.65. The summed E-state index contributed by atoms with van der Waals surface area (Å²) in [6, 6.07) is 0. The van der Waals surface area contributed by atoms with E-state index in [1.54, 1.807) is 0 Å². The number of rotatable bonds is 7. The average Bonchev–Trinajstić information content (AvgIpc) is 2.34. The highest BCUT2D eigenvalue weighted by atomic mass is 32.2. The van der Waals surface area contributed by atoms with Gasteiger partial charge in [-0.2, -0.15) is 0 Å². The smallest absolute Gasteiger partial charge is 0.304 e. The highest BCUT2D eigenvalue weighted by Crippen LogP contribution is 2.35. The van der Waals surface area contributed by atoms with Crippen molar-refractivity contribution >= 4 is 16.0 Å². The van der Waals surface area contributed by atoms with Gasteiger partial charge in [-0.1, -0.05) is 19.8 Å². The Morgan fingerprint density at radius 3 is 2.60 bits per heavy atom. The Hall–Kier alpha value is -0.660. The standard InChI is InChI=1S/C13H26N2O4S/c1-11-5-4-7-13(9-11,15(2)3)10-14-20(18,19)8-6-12(16)17/h11,14H,4-10H2,1-3H3,(H,16,17). The van der Waals surface area contributed by atoms with Gasteiger partial charge in [0, 0.05) is 12.1 Å². The Labute approximate surface area is 121 Å². The minimum Gasteiger partial charge on any atom is -0.481 e. The van der Waals surface area contributed by atoms with Crippen LogP contribution in [0.1, 0.15) is 39.0 Å². The fourth-order valence-corrected chi connectivity index (χ4v) is 3.97. The van der Waals surface area contributed by atoms with Gasteiger partial charge >= 0.3 is 5.97 Å². The fraction of sp³-hybridized carbons (Fsp3) is 0.923. The van der Waals surface area contributed by atoms with Gasteiger partial charge in [0.25, 0.3) is 0 Å². The molecule has 6 nitrogen and oxygen atoms in total. The molecular formula is C13H26N2O4S. The zero-order valence-electron chi connectivity index (χ0n) is 12.6. The summed E-state index contributed by atoms with van der Waals surface area (Å²) in [6.07, 6.45) is 3.84. The second-order valence-corrected chi connectivity index (χ2v) is 8.03. The molecule has 0 aromatic heterocycles. The summed E-state index contributed by atoms with van der Waals surface area (Å²) in [5.74, 6) is -0.875.